The van der Waals surface area contributed by atoms with E-state index < -0.39 is 5.54 Å². The van der Waals surface area contributed by atoms with E-state index in [1.165, 1.54) is 0 Å². The fraction of sp³-hybridized carbons (Fsp3) is 0.188. The van der Waals surface area contributed by atoms with E-state index >= 15 is 0 Å². The second-order valence-electron chi connectivity index (χ2n) is 5.45. The van der Waals surface area contributed by atoms with Gasteiger partial charge in [-0.15, -0.1) is 0 Å². The highest BCUT2D eigenvalue weighted by Crippen LogP contribution is 2.48. The van der Waals surface area contributed by atoms with Crippen molar-refractivity contribution in [3.63, 3.8) is 0 Å². The van der Waals surface area contributed by atoms with Crippen LogP contribution in [-0.2, 0) is 0 Å². The van der Waals surface area contributed by atoms with Gasteiger partial charge in [0.25, 0.3) is 5.91 Å². The van der Waals surface area contributed by atoms with Crippen molar-refractivity contribution >= 4 is 11.6 Å². The van der Waals surface area contributed by atoms with Gasteiger partial charge < -0.3 is 5.32 Å². The Labute approximate surface area is 121 Å². The van der Waals surface area contributed by atoms with Gasteiger partial charge >= 0.3 is 0 Å². The number of amides is 1. The van der Waals surface area contributed by atoms with Crippen molar-refractivity contribution in [1.29, 1.82) is 5.26 Å². The van der Waals surface area contributed by atoms with E-state index in [9.17, 15) is 4.79 Å². The van der Waals surface area contributed by atoms with Crippen molar-refractivity contribution in [3.8, 4) is 6.07 Å². The number of aromatic nitrogens is 2. The average Bonchev–Trinajstić information content (AvgIpc) is 3.04. The smallest absolute Gasteiger partial charge is 0.270 e. The summed E-state index contributed by atoms with van der Waals surface area (Å²) in [6.07, 6.45) is 9.91. The number of hydrogen-bond donors (Lipinski definition) is 1. The Morgan fingerprint density at radius 2 is 2.43 bits per heavy atom. The lowest BCUT2D eigenvalue weighted by molar-refractivity contribution is 0.0932. The minimum atomic E-state index is -0.393. The summed E-state index contributed by atoms with van der Waals surface area (Å²) in [4.78, 5) is 16.7. The van der Waals surface area contributed by atoms with Crippen LogP contribution in [0.15, 0.2) is 54.4 Å². The molecule has 2 aliphatic rings. The molecule has 2 heterocycles. The molecule has 2 atom stereocenters. The number of allylic oxidation sites excluding steroid dienone is 2. The van der Waals surface area contributed by atoms with Crippen molar-refractivity contribution in [3.05, 3.63) is 60.1 Å². The molecule has 0 spiro atoms. The summed E-state index contributed by atoms with van der Waals surface area (Å²) in [7, 11) is 0. The van der Waals surface area contributed by atoms with Gasteiger partial charge in [0.05, 0.1) is 23.4 Å². The van der Waals surface area contributed by atoms with E-state index in [2.05, 4.69) is 16.4 Å². The van der Waals surface area contributed by atoms with E-state index in [0.29, 0.717) is 11.3 Å². The van der Waals surface area contributed by atoms with Crippen LogP contribution < -0.4 is 5.32 Å². The second kappa shape index (κ2) is 4.06. The fourth-order valence-electron chi connectivity index (χ4n) is 2.88. The quantitative estimate of drug-likeness (QED) is 0.909. The Morgan fingerprint density at radius 3 is 3.29 bits per heavy atom. The van der Waals surface area contributed by atoms with Gasteiger partial charge in [-0.1, -0.05) is 12.1 Å². The number of nitrogens with one attached hydrogen (secondary N) is 1. The zero-order chi connectivity index (χ0) is 14.4. The fourth-order valence-corrected chi connectivity index (χ4v) is 2.88. The van der Waals surface area contributed by atoms with Gasteiger partial charge in [-0.05, 0) is 30.7 Å². The topological polar surface area (TPSA) is 70.2 Å². The third kappa shape index (κ3) is 1.77. The van der Waals surface area contributed by atoms with Gasteiger partial charge in [0.15, 0.2) is 0 Å². The first kappa shape index (κ1) is 11.9. The Kier molecular flexibility index (Phi) is 2.30. The van der Waals surface area contributed by atoms with E-state index in [4.69, 9.17) is 5.26 Å². The molecule has 0 aromatic carbocycles. The molecular weight excluding hydrogens is 264 g/mol. The second-order valence-corrected chi connectivity index (χ2v) is 5.45. The molecule has 2 unspecified atom stereocenters. The molecule has 102 valence electrons. The third-order valence-corrected chi connectivity index (χ3v) is 4.11. The molecular formula is C16H12N4O. The lowest BCUT2D eigenvalue weighted by atomic mass is 10.0. The molecule has 1 fully saturated rings. The van der Waals surface area contributed by atoms with Crippen LogP contribution in [0.25, 0.3) is 5.65 Å². The Morgan fingerprint density at radius 1 is 1.52 bits per heavy atom. The van der Waals surface area contributed by atoms with Crippen molar-refractivity contribution in [2.75, 3.05) is 0 Å². The number of pyridine rings is 1. The van der Waals surface area contributed by atoms with Crippen LogP contribution in [0.1, 0.15) is 16.9 Å². The largest absolute Gasteiger partial charge is 0.341 e. The van der Waals surface area contributed by atoms with Crippen molar-refractivity contribution in [1.82, 2.24) is 14.7 Å². The van der Waals surface area contributed by atoms with Crippen LogP contribution in [0.4, 0.5) is 0 Å². The standard InChI is InChI=1S/C16H12N4O/c17-9-11-4-5-12-8-16(12,7-11)19-15(21)13-10-18-14-3-1-2-6-20(13)14/h1-7,10,12H,8H2,(H,19,21). The molecule has 1 N–H and O–H groups in total. The number of carbonyl (C=O) groups excluding carboxylic acids is 1. The van der Waals surface area contributed by atoms with Gasteiger partial charge in [-0.2, -0.15) is 5.26 Å². The number of imidazole rings is 1. The number of nitriles is 1. The number of nitrogens with zero attached hydrogens (tertiary/aromatic N) is 3. The lowest BCUT2D eigenvalue weighted by Crippen LogP contribution is -2.38. The Bertz CT molecular complexity index is 855. The third-order valence-electron chi connectivity index (χ3n) is 4.11. The van der Waals surface area contributed by atoms with Crippen LogP contribution in [0, 0.1) is 17.2 Å². The highest BCUT2D eigenvalue weighted by Gasteiger charge is 2.53. The molecule has 2 aromatic rings. The van der Waals surface area contributed by atoms with Crippen molar-refractivity contribution in [2.45, 2.75) is 12.0 Å². The van der Waals surface area contributed by atoms with Crippen molar-refractivity contribution in [2.24, 2.45) is 5.92 Å². The minimum Gasteiger partial charge on any atom is -0.341 e. The number of fused-ring (bicyclic) bond motifs is 2. The van der Waals surface area contributed by atoms with Gasteiger partial charge in [-0.3, -0.25) is 9.20 Å². The van der Waals surface area contributed by atoms with Gasteiger partial charge in [0.2, 0.25) is 0 Å². The molecule has 5 heteroatoms. The normalized spacial score (nSPS) is 25.9. The summed E-state index contributed by atoms with van der Waals surface area (Å²) in [6.45, 7) is 0. The zero-order valence-corrected chi connectivity index (χ0v) is 11.2. The number of hydrogen-bond acceptors (Lipinski definition) is 3. The zero-order valence-electron chi connectivity index (χ0n) is 11.2. The first-order valence-corrected chi connectivity index (χ1v) is 6.78. The maximum atomic E-state index is 12.5. The van der Waals surface area contributed by atoms with Gasteiger partial charge in [0, 0.05) is 12.1 Å². The molecule has 2 aliphatic carbocycles. The lowest BCUT2D eigenvalue weighted by Gasteiger charge is -2.17. The average molecular weight is 276 g/mol. The predicted octanol–water partition coefficient (Wildman–Crippen LogP) is 1.84. The molecule has 0 bridgehead atoms. The van der Waals surface area contributed by atoms with E-state index in [1.54, 1.807) is 10.6 Å². The maximum Gasteiger partial charge on any atom is 0.270 e. The minimum absolute atomic E-state index is 0.167. The predicted molar refractivity (Wildman–Crippen MR) is 76.3 cm³/mol. The maximum absolute atomic E-state index is 12.5. The molecule has 0 saturated heterocycles. The van der Waals surface area contributed by atoms with Gasteiger partial charge in [-0.25, -0.2) is 4.98 Å². The summed E-state index contributed by atoms with van der Waals surface area (Å²) in [6, 6.07) is 7.73. The van der Waals surface area contributed by atoms with Crippen LogP contribution >= 0.6 is 0 Å². The molecule has 0 aliphatic heterocycles. The molecule has 2 aromatic heterocycles. The first-order valence-electron chi connectivity index (χ1n) is 6.78. The van der Waals surface area contributed by atoms with Gasteiger partial charge in [0.1, 0.15) is 11.3 Å². The summed E-state index contributed by atoms with van der Waals surface area (Å²) in [5.41, 5.74) is 1.45. The van der Waals surface area contributed by atoms with Crippen molar-refractivity contribution < 1.29 is 4.79 Å². The van der Waals surface area contributed by atoms with E-state index in [0.717, 1.165) is 12.1 Å². The molecule has 5 nitrogen and oxygen atoms in total. The van der Waals surface area contributed by atoms with Crippen LogP contribution in [0.3, 0.4) is 0 Å². The van der Waals surface area contributed by atoms with Crippen LogP contribution in [-0.4, -0.2) is 20.8 Å². The van der Waals surface area contributed by atoms with Crippen LogP contribution in [0.5, 0.6) is 0 Å². The molecule has 21 heavy (non-hydrogen) atoms. The summed E-state index contributed by atoms with van der Waals surface area (Å²) >= 11 is 0. The molecule has 1 amide bonds. The monoisotopic (exact) mass is 276 g/mol. The first-order chi connectivity index (χ1) is 10.2. The SMILES string of the molecule is N#CC1=CC2(NC(=O)c3cnc4ccccn34)CC2C=C1. The van der Waals surface area contributed by atoms with Crippen LogP contribution in [0.2, 0.25) is 0 Å². The Hall–Kier alpha value is -2.87. The van der Waals surface area contributed by atoms with E-state index in [-0.39, 0.29) is 11.8 Å². The summed E-state index contributed by atoms with van der Waals surface area (Å²) in [5, 5.41) is 12.1. The molecule has 4 rings (SSSR count). The summed E-state index contributed by atoms with van der Waals surface area (Å²) in [5.74, 6) is 0.123. The molecule has 0 radical (unpaired) electrons. The number of rotatable bonds is 2. The van der Waals surface area contributed by atoms with E-state index in [1.807, 2.05) is 42.6 Å². The number of carbonyl (C=O) groups is 1. The summed E-state index contributed by atoms with van der Waals surface area (Å²) < 4.78 is 1.76. The highest BCUT2D eigenvalue weighted by molar-refractivity contribution is 5.94. The highest BCUT2D eigenvalue weighted by atomic mass is 16.2. The Balaban J connectivity index is 1.64. The molecule has 1 saturated carbocycles.